The van der Waals surface area contributed by atoms with Crippen LogP contribution in [0.1, 0.15) is 48.2 Å². The number of rotatable bonds is 6. The minimum atomic E-state index is -1.04. The topological polar surface area (TPSA) is 82.2 Å². The molecule has 1 aromatic heterocycles. The van der Waals surface area contributed by atoms with Gasteiger partial charge in [0.2, 0.25) is 5.91 Å². The van der Waals surface area contributed by atoms with Crippen molar-refractivity contribution in [2.24, 2.45) is 0 Å². The van der Waals surface area contributed by atoms with Gasteiger partial charge in [0.25, 0.3) is 0 Å². The molecule has 0 atom stereocenters. The van der Waals surface area contributed by atoms with Crippen molar-refractivity contribution in [1.29, 1.82) is 0 Å². The number of carbonyl (C=O) groups excluding carboxylic acids is 1. The van der Waals surface area contributed by atoms with Gasteiger partial charge in [-0.3, -0.25) is 4.79 Å². The number of nitrogens with one attached hydrogen (secondary N) is 2. The molecule has 1 heterocycles. The van der Waals surface area contributed by atoms with E-state index in [0.29, 0.717) is 12.1 Å². The average Bonchev–Trinajstić information content (AvgIpc) is 2.95. The summed E-state index contributed by atoms with van der Waals surface area (Å²) in [7, 11) is 0. The van der Waals surface area contributed by atoms with Crippen LogP contribution < -0.4 is 5.32 Å². The Bertz CT molecular complexity index is 789. The fourth-order valence-electron chi connectivity index (χ4n) is 3.28. The molecule has 5 heteroatoms. The van der Waals surface area contributed by atoms with Gasteiger partial charge in [-0.15, -0.1) is 0 Å². The van der Waals surface area contributed by atoms with E-state index >= 15 is 0 Å². The average molecular weight is 326 g/mol. The highest BCUT2D eigenvalue weighted by Gasteiger charge is 2.19. The van der Waals surface area contributed by atoms with Gasteiger partial charge in [-0.25, -0.2) is 4.79 Å². The lowest BCUT2D eigenvalue weighted by atomic mass is 9.97. The van der Waals surface area contributed by atoms with Gasteiger partial charge < -0.3 is 15.4 Å². The number of hydrogen-bond acceptors (Lipinski definition) is 2. The highest BCUT2D eigenvalue weighted by atomic mass is 16.4. The number of aromatic carboxylic acids is 1. The van der Waals surface area contributed by atoms with Crippen molar-refractivity contribution < 1.29 is 14.7 Å². The van der Waals surface area contributed by atoms with Gasteiger partial charge >= 0.3 is 5.97 Å². The molecule has 1 aromatic carbocycles. The van der Waals surface area contributed by atoms with Crippen LogP contribution in [0, 0.1) is 0 Å². The third kappa shape index (κ3) is 3.67. The summed E-state index contributed by atoms with van der Waals surface area (Å²) in [6.45, 7) is 0.607. The highest BCUT2D eigenvalue weighted by Crippen LogP contribution is 2.23. The van der Waals surface area contributed by atoms with E-state index in [-0.39, 0.29) is 18.0 Å². The highest BCUT2D eigenvalue weighted by molar-refractivity contribution is 5.99. The molecule has 0 fully saturated rings. The molecular weight excluding hydrogens is 304 g/mol. The fourth-order valence-corrected chi connectivity index (χ4v) is 3.28. The number of amides is 1. The van der Waals surface area contributed by atoms with Crippen molar-refractivity contribution in [3.05, 3.63) is 47.2 Å². The van der Waals surface area contributed by atoms with Crippen molar-refractivity contribution in [2.75, 3.05) is 6.54 Å². The molecule has 0 aliphatic heterocycles. The van der Waals surface area contributed by atoms with Crippen molar-refractivity contribution in [3.63, 3.8) is 0 Å². The molecule has 0 saturated heterocycles. The fraction of sp³-hybridized carbons (Fsp3) is 0.368. The van der Waals surface area contributed by atoms with Gasteiger partial charge in [0.05, 0.1) is 6.42 Å². The molecule has 0 bridgehead atoms. The van der Waals surface area contributed by atoms with E-state index in [1.807, 2.05) is 24.3 Å². The summed E-state index contributed by atoms with van der Waals surface area (Å²) >= 11 is 0. The smallest absolute Gasteiger partial charge is 0.352 e. The van der Waals surface area contributed by atoms with Gasteiger partial charge in [-0.2, -0.15) is 0 Å². The predicted molar refractivity (Wildman–Crippen MR) is 93.1 cm³/mol. The maximum Gasteiger partial charge on any atom is 0.352 e. The first-order valence-electron chi connectivity index (χ1n) is 8.42. The lowest BCUT2D eigenvalue weighted by molar-refractivity contribution is -0.120. The third-order valence-electron chi connectivity index (χ3n) is 4.52. The minimum absolute atomic E-state index is 0.0741. The van der Waals surface area contributed by atoms with E-state index < -0.39 is 5.97 Å². The zero-order chi connectivity index (χ0) is 16.9. The molecule has 5 nitrogen and oxygen atoms in total. The number of carboxylic acid groups (broad SMARTS) is 1. The summed E-state index contributed by atoms with van der Waals surface area (Å²) in [4.78, 5) is 26.5. The van der Waals surface area contributed by atoms with Crippen LogP contribution in [0.25, 0.3) is 10.9 Å². The molecule has 126 valence electrons. The first-order chi connectivity index (χ1) is 11.6. The maximum atomic E-state index is 12.2. The second kappa shape index (κ2) is 7.34. The summed E-state index contributed by atoms with van der Waals surface area (Å²) in [5, 5.41) is 13.1. The summed E-state index contributed by atoms with van der Waals surface area (Å²) in [6, 6.07) is 7.34. The molecular formula is C19H22N2O3. The first-order valence-corrected chi connectivity index (χ1v) is 8.42. The number of benzene rings is 1. The van der Waals surface area contributed by atoms with Crippen LogP contribution in [0.2, 0.25) is 0 Å². The van der Waals surface area contributed by atoms with Crippen LogP contribution in [0.5, 0.6) is 0 Å². The van der Waals surface area contributed by atoms with Crippen LogP contribution >= 0.6 is 0 Å². The van der Waals surface area contributed by atoms with Crippen molar-refractivity contribution >= 4 is 22.8 Å². The van der Waals surface area contributed by atoms with Crippen LogP contribution in [0.4, 0.5) is 0 Å². The number of para-hydroxylation sites is 1. The van der Waals surface area contributed by atoms with E-state index in [0.717, 1.165) is 30.2 Å². The molecule has 0 unspecified atom stereocenters. The van der Waals surface area contributed by atoms with Crippen LogP contribution in [0.3, 0.4) is 0 Å². The zero-order valence-electron chi connectivity index (χ0n) is 13.6. The van der Waals surface area contributed by atoms with Crippen LogP contribution in [-0.4, -0.2) is 28.5 Å². The predicted octanol–water partition coefficient (Wildman–Crippen LogP) is 3.42. The van der Waals surface area contributed by atoms with Gasteiger partial charge in [-0.1, -0.05) is 29.8 Å². The van der Waals surface area contributed by atoms with Crippen molar-refractivity contribution in [3.8, 4) is 0 Å². The molecule has 3 rings (SSSR count). The standard InChI is InChI=1S/C19H22N2O3/c22-17(20-11-10-13-6-2-1-3-7-13)12-15-14-8-4-5-9-16(14)21-18(15)19(23)24/h4-6,8-9,21H,1-3,7,10-12H2,(H,20,22)(H,23,24). The van der Waals surface area contributed by atoms with Gasteiger partial charge in [0.1, 0.15) is 5.69 Å². The molecule has 1 amide bonds. The number of H-pyrrole nitrogens is 1. The molecule has 0 saturated carbocycles. The monoisotopic (exact) mass is 326 g/mol. The largest absolute Gasteiger partial charge is 0.477 e. The molecule has 0 radical (unpaired) electrons. The second-order valence-corrected chi connectivity index (χ2v) is 6.21. The zero-order valence-corrected chi connectivity index (χ0v) is 13.6. The van der Waals surface area contributed by atoms with Crippen LogP contribution in [-0.2, 0) is 11.2 Å². The Hall–Kier alpha value is -2.56. The maximum absolute atomic E-state index is 12.2. The number of carboxylic acids is 1. The number of allylic oxidation sites excluding steroid dienone is 1. The third-order valence-corrected chi connectivity index (χ3v) is 4.52. The van der Waals surface area contributed by atoms with Crippen molar-refractivity contribution in [2.45, 2.75) is 38.5 Å². The van der Waals surface area contributed by atoms with Crippen molar-refractivity contribution in [1.82, 2.24) is 10.3 Å². The Labute approximate surface area is 140 Å². The van der Waals surface area contributed by atoms with E-state index in [1.54, 1.807) is 0 Å². The summed E-state index contributed by atoms with van der Waals surface area (Å²) in [5.41, 5.74) is 2.80. The Morgan fingerprint density at radius 1 is 1.21 bits per heavy atom. The Kier molecular flexibility index (Phi) is 4.99. The van der Waals surface area contributed by atoms with E-state index in [1.165, 1.54) is 18.4 Å². The van der Waals surface area contributed by atoms with Gasteiger partial charge in [-0.05, 0) is 38.2 Å². The molecule has 24 heavy (non-hydrogen) atoms. The lowest BCUT2D eigenvalue weighted by Gasteiger charge is -2.13. The van der Waals surface area contributed by atoms with E-state index in [2.05, 4.69) is 16.4 Å². The number of hydrogen-bond donors (Lipinski definition) is 3. The Morgan fingerprint density at radius 2 is 2.04 bits per heavy atom. The Balaban J connectivity index is 1.65. The summed E-state index contributed by atoms with van der Waals surface area (Å²) in [6.07, 6.45) is 7.99. The SMILES string of the molecule is O=C(Cc1c(C(=O)O)[nH]c2ccccc12)NCCC1=CCCCC1. The number of fused-ring (bicyclic) bond motifs is 1. The normalized spacial score (nSPS) is 14.4. The van der Waals surface area contributed by atoms with Gasteiger partial charge in [0.15, 0.2) is 0 Å². The van der Waals surface area contributed by atoms with E-state index in [9.17, 15) is 14.7 Å². The molecule has 0 spiro atoms. The van der Waals surface area contributed by atoms with Crippen LogP contribution in [0.15, 0.2) is 35.9 Å². The van der Waals surface area contributed by atoms with Gasteiger partial charge in [0, 0.05) is 23.0 Å². The number of aromatic nitrogens is 1. The molecule has 1 aliphatic carbocycles. The Morgan fingerprint density at radius 3 is 2.79 bits per heavy atom. The molecule has 3 N–H and O–H groups in total. The lowest BCUT2D eigenvalue weighted by Crippen LogP contribution is -2.27. The number of carbonyl (C=O) groups is 2. The summed E-state index contributed by atoms with van der Waals surface area (Å²) < 4.78 is 0. The summed E-state index contributed by atoms with van der Waals surface area (Å²) in [5.74, 6) is -1.18. The molecule has 2 aromatic rings. The quantitative estimate of drug-likeness (QED) is 0.711. The second-order valence-electron chi connectivity index (χ2n) is 6.21. The molecule has 1 aliphatic rings. The first kappa shape index (κ1) is 16.3. The van der Waals surface area contributed by atoms with E-state index in [4.69, 9.17) is 0 Å². The minimum Gasteiger partial charge on any atom is -0.477 e. The number of aromatic amines is 1.